The van der Waals surface area contributed by atoms with Gasteiger partial charge < -0.3 is 15.6 Å². The lowest BCUT2D eigenvalue weighted by Gasteiger charge is -2.21. The SMILES string of the molecule is COc1ccc(C(CN)C(O)c2csc(Br)c2)cc1. The van der Waals surface area contributed by atoms with Gasteiger partial charge in [-0.15, -0.1) is 11.3 Å². The smallest absolute Gasteiger partial charge is 0.118 e. The third-order valence-corrected chi connectivity index (χ3v) is 4.63. The number of aliphatic hydroxyl groups is 1. The predicted molar refractivity (Wildman–Crippen MR) is 81.8 cm³/mol. The minimum Gasteiger partial charge on any atom is -0.497 e. The molecule has 0 spiro atoms. The van der Waals surface area contributed by atoms with E-state index in [1.807, 2.05) is 35.7 Å². The Morgan fingerprint density at radius 1 is 1.32 bits per heavy atom. The second-order valence-corrected chi connectivity index (χ2v) is 6.53. The van der Waals surface area contributed by atoms with Gasteiger partial charge >= 0.3 is 0 Å². The number of ether oxygens (including phenoxy) is 1. The molecule has 0 saturated carbocycles. The number of halogens is 1. The summed E-state index contributed by atoms with van der Waals surface area (Å²) < 4.78 is 6.14. The van der Waals surface area contributed by atoms with E-state index in [1.165, 1.54) is 0 Å². The normalized spacial score (nSPS) is 14.1. The minimum absolute atomic E-state index is 0.118. The van der Waals surface area contributed by atoms with Crippen LogP contribution in [0.25, 0.3) is 0 Å². The van der Waals surface area contributed by atoms with Crippen molar-refractivity contribution in [2.75, 3.05) is 13.7 Å². The maximum absolute atomic E-state index is 10.4. The minimum atomic E-state index is -0.596. The van der Waals surface area contributed by atoms with E-state index in [1.54, 1.807) is 18.4 Å². The molecule has 0 amide bonds. The fraction of sp³-hybridized carbons (Fsp3) is 0.286. The fourth-order valence-electron chi connectivity index (χ4n) is 2.01. The molecule has 0 aliphatic rings. The van der Waals surface area contributed by atoms with Crippen LogP contribution >= 0.6 is 27.3 Å². The van der Waals surface area contributed by atoms with Crippen molar-refractivity contribution in [2.45, 2.75) is 12.0 Å². The maximum Gasteiger partial charge on any atom is 0.118 e. The monoisotopic (exact) mass is 341 g/mol. The van der Waals surface area contributed by atoms with Crippen LogP contribution in [0.15, 0.2) is 39.5 Å². The summed E-state index contributed by atoms with van der Waals surface area (Å²) in [5.41, 5.74) is 7.72. The highest BCUT2D eigenvalue weighted by molar-refractivity contribution is 9.11. The van der Waals surface area contributed by atoms with Crippen molar-refractivity contribution in [3.63, 3.8) is 0 Å². The second kappa shape index (κ2) is 6.52. The van der Waals surface area contributed by atoms with Gasteiger partial charge in [0.1, 0.15) is 5.75 Å². The molecule has 2 atom stereocenters. The summed E-state index contributed by atoms with van der Waals surface area (Å²) in [6.45, 7) is 0.390. The zero-order chi connectivity index (χ0) is 13.8. The summed E-state index contributed by atoms with van der Waals surface area (Å²) >= 11 is 4.96. The number of aliphatic hydroxyl groups excluding tert-OH is 1. The lowest BCUT2D eigenvalue weighted by atomic mass is 9.90. The first kappa shape index (κ1) is 14.5. The van der Waals surface area contributed by atoms with Crippen LogP contribution in [-0.4, -0.2) is 18.8 Å². The molecule has 0 saturated heterocycles. The van der Waals surface area contributed by atoms with Crippen LogP contribution in [0.4, 0.5) is 0 Å². The quantitative estimate of drug-likeness (QED) is 0.877. The van der Waals surface area contributed by atoms with E-state index in [0.29, 0.717) is 6.54 Å². The average molecular weight is 342 g/mol. The number of nitrogens with two attached hydrogens (primary N) is 1. The van der Waals surface area contributed by atoms with Gasteiger partial charge in [-0.1, -0.05) is 12.1 Å². The topological polar surface area (TPSA) is 55.5 Å². The molecular formula is C14H16BrNO2S. The number of benzene rings is 1. The summed E-state index contributed by atoms with van der Waals surface area (Å²) in [7, 11) is 1.63. The van der Waals surface area contributed by atoms with E-state index in [0.717, 1.165) is 20.7 Å². The summed E-state index contributed by atoms with van der Waals surface area (Å²) in [6.07, 6.45) is -0.596. The fourth-order valence-corrected chi connectivity index (χ4v) is 3.21. The first-order valence-electron chi connectivity index (χ1n) is 5.91. The molecule has 5 heteroatoms. The van der Waals surface area contributed by atoms with Gasteiger partial charge in [0.2, 0.25) is 0 Å². The Bertz CT molecular complexity index is 526. The van der Waals surface area contributed by atoms with Gasteiger partial charge in [0.25, 0.3) is 0 Å². The molecule has 0 aliphatic carbocycles. The van der Waals surface area contributed by atoms with Crippen molar-refractivity contribution in [3.8, 4) is 5.75 Å². The van der Waals surface area contributed by atoms with Gasteiger partial charge in [-0.05, 0) is 50.6 Å². The molecule has 1 aromatic carbocycles. The van der Waals surface area contributed by atoms with Crippen LogP contribution in [0.1, 0.15) is 23.1 Å². The number of hydrogen-bond acceptors (Lipinski definition) is 4. The van der Waals surface area contributed by atoms with Gasteiger partial charge in [0, 0.05) is 12.5 Å². The van der Waals surface area contributed by atoms with E-state index in [-0.39, 0.29) is 5.92 Å². The standard InChI is InChI=1S/C14H16BrNO2S/c1-18-11-4-2-9(3-5-11)12(7-16)14(17)10-6-13(15)19-8-10/h2-6,8,12,14,17H,7,16H2,1H3. The number of thiophene rings is 1. The molecule has 0 radical (unpaired) electrons. The third kappa shape index (κ3) is 3.36. The summed E-state index contributed by atoms with van der Waals surface area (Å²) in [5.74, 6) is 0.680. The molecule has 0 bridgehead atoms. The Kier molecular flexibility index (Phi) is 4.99. The van der Waals surface area contributed by atoms with E-state index < -0.39 is 6.10 Å². The third-order valence-electron chi connectivity index (χ3n) is 3.11. The van der Waals surface area contributed by atoms with Crippen molar-refractivity contribution in [2.24, 2.45) is 5.73 Å². The zero-order valence-corrected chi connectivity index (χ0v) is 12.9. The lowest BCUT2D eigenvalue weighted by Crippen LogP contribution is -2.19. The molecule has 2 unspecified atom stereocenters. The molecule has 0 aliphatic heterocycles. The number of rotatable bonds is 5. The van der Waals surface area contributed by atoms with E-state index in [4.69, 9.17) is 10.5 Å². The first-order valence-corrected chi connectivity index (χ1v) is 7.59. The zero-order valence-electron chi connectivity index (χ0n) is 10.5. The largest absolute Gasteiger partial charge is 0.497 e. The molecule has 102 valence electrons. The molecule has 1 heterocycles. The van der Waals surface area contributed by atoms with Crippen molar-refractivity contribution < 1.29 is 9.84 Å². The second-order valence-electron chi connectivity index (χ2n) is 4.24. The average Bonchev–Trinajstić information content (AvgIpc) is 2.87. The predicted octanol–water partition coefficient (Wildman–Crippen LogP) is 3.30. The Morgan fingerprint density at radius 3 is 2.47 bits per heavy atom. The first-order chi connectivity index (χ1) is 9.15. The Morgan fingerprint density at radius 2 is 2.00 bits per heavy atom. The van der Waals surface area contributed by atoms with Crippen LogP contribution in [0.5, 0.6) is 5.75 Å². The highest BCUT2D eigenvalue weighted by Gasteiger charge is 2.22. The molecule has 19 heavy (non-hydrogen) atoms. The number of methoxy groups -OCH3 is 1. The lowest BCUT2D eigenvalue weighted by molar-refractivity contribution is 0.148. The maximum atomic E-state index is 10.4. The van der Waals surface area contributed by atoms with Crippen molar-refractivity contribution >= 4 is 27.3 Å². The molecule has 0 fully saturated rings. The van der Waals surface area contributed by atoms with Crippen LogP contribution in [-0.2, 0) is 0 Å². The Labute approximate surface area is 125 Å². The molecule has 2 rings (SSSR count). The molecule has 1 aromatic heterocycles. The van der Waals surface area contributed by atoms with E-state index in [2.05, 4.69) is 15.9 Å². The highest BCUT2D eigenvalue weighted by atomic mass is 79.9. The van der Waals surface area contributed by atoms with Gasteiger partial charge in [-0.3, -0.25) is 0 Å². The van der Waals surface area contributed by atoms with Crippen LogP contribution in [0, 0.1) is 0 Å². The van der Waals surface area contributed by atoms with Crippen molar-refractivity contribution in [3.05, 3.63) is 50.6 Å². The molecule has 2 aromatic rings. The van der Waals surface area contributed by atoms with Gasteiger partial charge in [-0.25, -0.2) is 0 Å². The van der Waals surface area contributed by atoms with Crippen LogP contribution in [0.3, 0.4) is 0 Å². The van der Waals surface area contributed by atoms with Crippen LogP contribution in [0.2, 0.25) is 0 Å². The Balaban J connectivity index is 2.23. The van der Waals surface area contributed by atoms with Crippen LogP contribution < -0.4 is 10.5 Å². The summed E-state index contributed by atoms with van der Waals surface area (Å²) in [6, 6.07) is 9.59. The Hall–Kier alpha value is -0.880. The van der Waals surface area contributed by atoms with Crippen molar-refractivity contribution in [1.29, 1.82) is 0 Å². The summed E-state index contributed by atoms with van der Waals surface area (Å²) in [4.78, 5) is 0. The summed E-state index contributed by atoms with van der Waals surface area (Å²) in [5, 5.41) is 12.4. The van der Waals surface area contributed by atoms with Crippen molar-refractivity contribution in [1.82, 2.24) is 0 Å². The van der Waals surface area contributed by atoms with Gasteiger partial charge in [-0.2, -0.15) is 0 Å². The molecule has 3 N–H and O–H groups in total. The number of hydrogen-bond donors (Lipinski definition) is 2. The highest BCUT2D eigenvalue weighted by Crippen LogP contribution is 2.34. The van der Waals surface area contributed by atoms with Gasteiger partial charge in [0.15, 0.2) is 0 Å². The van der Waals surface area contributed by atoms with E-state index in [9.17, 15) is 5.11 Å². The molecular weight excluding hydrogens is 326 g/mol. The molecule has 3 nitrogen and oxygen atoms in total. The van der Waals surface area contributed by atoms with E-state index >= 15 is 0 Å². The van der Waals surface area contributed by atoms with Gasteiger partial charge in [0.05, 0.1) is 17.0 Å².